The number of hydrogen-bond donors (Lipinski definition) is 0. The summed E-state index contributed by atoms with van der Waals surface area (Å²) in [5.74, 6) is 0.442. The Morgan fingerprint density at radius 2 is 2.00 bits per heavy atom. The predicted molar refractivity (Wildman–Crippen MR) is 43.5 cm³/mol. The minimum absolute atomic E-state index is 0.442. The normalized spacial score (nSPS) is 28.5. The van der Waals surface area contributed by atoms with Crippen LogP contribution >= 0.6 is 0 Å². The maximum absolute atomic E-state index is 11.0. The maximum Gasteiger partial charge on any atom is 0.148 e. The Labute approximate surface area is 67.6 Å². The molecule has 0 aromatic heterocycles. The molecule has 0 aromatic rings. The van der Waals surface area contributed by atoms with Crippen molar-refractivity contribution < 1.29 is 4.79 Å². The van der Waals surface area contributed by atoms with Crippen LogP contribution in [-0.4, -0.2) is 29.8 Å². The quantitative estimate of drug-likeness (QED) is 0.564. The lowest BCUT2D eigenvalue weighted by molar-refractivity contribution is -0.117. The van der Waals surface area contributed by atoms with Crippen LogP contribution in [0.5, 0.6) is 0 Å². The second-order valence-corrected chi connectivity index (χ2v) is 3.70. The average molecular weight is 153 g/mol. The molecule has 0 bridgehead atoms. The van der Waals surface area contributed by atoms with Crippen molar-refractivity contribution in [3.8, 4) is 0 Å². The van der Waals surface area contributed by atoms with Gasteiger partial charge in [-0.2, -0.15) is 0 Å². The molecule has 2 rings (SSSR count). The van der Waals surface area contributed by atoms with Gasteiger partial charge in [-0.25, -0.2) is 0 Å². The zero-order valence-corrected chi connectivity index (χ0v) is 6.88. The molecule has 2 nitrogen and oxygen atoms in total. The summed E-state index contributed by atoms with van der Waals surface area (Å²) in [6.07, 6.45) is 6.20. The third-order valence-electron chi connectivity index (χ3n) is 2.90. The highest BCUT2D eigenvalue weighted by atomic mass is 16.1. The summed E-state index contributed by atoms with van der Waals surface area (Å²) in [4.78, 5) is 13.3. The molecular formula is C9H15NO. The van der Waals surface area contributed by atoms with Crippen LogP contribution in [-0.2, 0) is 4.79 Å². The van der Waals surface area contributed by atoms with E-state index in [-0.39, 0.29) is 0 Å². The topological polar surface area (TPSA) is 20.3 Å². The Balaban J connectivity index is 1.90. The molecule has 11 heavy (non-hydrogen) atoms. The molecule has 0 N–H and O–H groups in total. The van der Waals surface area contributed by atoms with Gasteiger partial charge < -0.3 is 0 Å². The van der Waals surface area contributed by atoms with Crippen molar-refractivity contribution in [2.75, 3.05) is 13.1 Å². The van der Waals surface area contributed by atoms with Gasteiger partial charge in [-0.1, -0.05) is 12.8 Å². The van der Waals surface area contributed by atoms with Crippen molar-refractivity contribution in [2.45, 2.75) is 38.1 Å². The van der Waals surface area contributed by atoms with Crippen LogP contribution in [0.3, 0.4) is 0 Å². The van der Waals surface area contributed by atoms with Gasteiger partial charge in [0.05, 0.1) is 6.54 Å². The first-order valence-corrected chi connectivity index (χ1v) is 4.62. The van der Waals surface area contributed by atoms with Gasteiger partial charge in [0.2, 0.25) is 0 Å². The molecule has 2 aliphatic rings. The molecule has 1 aliphatic carbocycles. The van der Waals surface area contributed by atoms with Crippen LogP contribution in [0.25, 0.3) is 0 Å². The molecule has 0 spiro atoms. The molecule has 1 heterocycles. The number of carbonyl (C=O) groups excluding carboxylic acids is 1. The van der Waals surface area contributed by atoms with Gasteiger partial charge in [-0.15, -0.1) is 0 Å². The van der Waals surface area contributed by atoms with Gasteiger partial charge in [0, 0.05) is 19.0 Å². The summed E-state index contributed by atoms with van der Waals surface area (Å²) in [5.41, 5.74) is 0. The van der Waals surface area contributed by atoms with Crippen molar-refractivity contribution in [1.29, 1.82) is 0 Å². The molecule has 0 unspecified atom stereocenters. The number of nitrogens with zero attached hydrogens (tertiary/aromatic N) is 1. The Morgan fingerprint density at radius 1 is 1.27 bits per heavy atom. The van der Waals surface area contributed by atoms with Gasteiger partial charge in [-0.3, -0.25) is 9.69 Å². The van der Waals surface area contributed by atoms with Crippen LogP contribution in [0.1, 0.15) is 32.1 Å². The second kappa shape index (κ2) is 2.94. The van der Waals surface area contributed by atoms with E-state index in [1.807, 2.05) is 0 Å². The molecular weight excluding hydrogens is 138 g/mol. The Kier molecular flexibility index (Phi) is 1.95. The van der Waals surface area contributed by atoms with E-state index >= 15 is 0 Å². The van der Waals surface area contributed by atoms with Crippen LogP contribution in [0, 0.1) is 0 Å². The lowest BCUT2D eigenvalue weighted by atomic mass is 10.2. The average Bonchev–Trinajstić information content (AvgIpc) is 2.55. The maximum atomic E-state index is 11.0. The zero-order chi connectivity index (χ0) is 7.68. The minimum Gasteiger partial charge on any atom is -0.298 e. The van der Waals surface area contributed by atoms with Crippen molar-refractivity contribution in [1.82, 2.24) is 4.90 Å². The van der Waals surface area contributed by atoms with Crippen LogP contribution in [0.4, 0.5) is 0 Å². The molecule has 1 aliphatic heterocycles. The minimum atomic E-state index is 0.442. The fourth-order valence-electron chi connectivity index (χ4n) is 2.23. The summed E-state index contributed by atoms with van der Waals surface area (Å²) >= 11 is 0. The highest BCUT2D eigenvalue weighted by Gasteiger charge is 2.28. The monoisotopic (exact) mass is 153 g/mol. The van der Waals surface area contributed by atoms with Crippen molar-refractivity contribution in [2.24, 2.45) is 0 Å². The van der Waals surface area contributed by atoms with Gasteiger partial charge in [0.25, 0.3) is 0 Å². The molecule has 62 valence electrons. The van der Waals surface area contributed by atoms with E-state index < -0.39 is 0 Å². The molecule has 0 atom stereocenters. The fourth-order valence-corrected chi connectivity index (χ4v) is 2.23. The molecule has 0 amide bonds. The fraction of sp³-hybridized carbons (Fsp3) is 0.889. The number of carbonyl (C=O) groups is 1. The summed E-state index contributed by atoms with van der Waals surface area (Å²) < 4.78 is 0. The van der Waals surface area contributed by atoms with E-state index in [1.165, 1.54) is 25.7 Å². The van der Waals surface area contributed by atoms with E-state index in [4.69, 9.17) is 0 Å². The second-order valence-electron chi connectivity index (χ2n) is 3.70. The van der Waals surface area contributed by atoms with Crippen molar-refractivity contribution in [3.63, 3.8) is 0 Å². The van der Waals surface area contributed by atoms with E-state index in [9.17, 15) is 4.79 Å². The third kappa shape index (κ3) is 1.45. The number of hydrogen-bond acceptors (Lipinski definition) is 2. The van der Waals surface area contributed by atoms with Gasteiger partial charge in [0.15, 0.2) is 0 Å². The predicted octanol–water partition coefficient (Wildman–Crippen LogP) is 1.20. The van der Waals surface area contributed by atoms with E-state index in [2.05, 4.69) is 4.90 Å². The molecule has 1 saturated carbocycles. The molecule has 2 fully saturated rings. The van der Waals surface area contributed by atoms with Crippen molar-refractivity contribution in [3.05, 3.63) is 0 Å². The van der Waals surface area contributed by atoms with E-state index in [1.54, 1.807) is 0 Å². The molecule has 1 saturated heterocycles. The summed E-state index contributed by atoms with van der Waals surface area (Å²) in [5, 5.41) is 0. The number of ketones is 1. The highest BCUT2D eigenvalue weighted by molar-refractivity contribution is 5.82. The first kappa shape index (κ1) is 7.29. The highest BCUT2D eigenvalue weighted by Crippen LogP contribution is 2.25. The SMILES string of the molecule is O=C1CCN(C2CCCC2)C1. The molecule has 0 aromatic carbocycles. The molecule has 2 heteroatoms. The van der Waals surface area contributed by atoms with Crippen LogP contribution in [0.15, 0.2) is 0 Å². The lowest BCUT2D eigenvalue weighted by Gasteiger charge is -2.21. The van der Waals surface area contributed by atoms with Crippen molar-refractivity contribution >= 4 is 5.78 Å². The van der Waals surface area contributed by atoms with Gasteiger partial charge in [0.1, 0.15) is 5.78 Å². The third-order valence-corrected chi connectivity index (χ3v) is 2.90. The Hall–Kier alpha value is -0.370. The Morgan fingerprint density at radius 3 is 2.55 bits per heavy atom. The van der Waals surface area contributed by atoms with Gasteiger partial charge >= 0.3 is 0 Å². The van der Waals surface area contributed by atoms with E-state index in [0.29, 0.717) is 5.78 Å². The summed E-state index contributed by atoms with van der Waals surface area (Å²) in [6, 6.07) is 0.751. The lowest BCUT2D eigenvalue weighted by Crippen LogP contribution is -2.30. The first-order valence-electron chi connectivity index (χ1n) is 4.62. The smallest absolute Gasteiger partial charge is 0.148 e. The number of rotatable bonds is 1. The van der Waals surface area contributed by atoms with Crippen LogP contribution in [0.2, 0.25) is 0 Å². The van der Waals surface area contributed by atoms with Gasteiger partial charge in [-0.05, 0) is 12.8 Å². The molecule has 0 radical (unpaired) electrons. The Bertz CT molecular complexity index is 161. The standard InChI is InChI=1S/C9H15NO/c11-9-5-6-10(7-9)8-3-1-2-4-8/h8H,1-7H2. The summed E-state index contributed by atoms with van der Waals surface area (Å²) in [7, 11) is 0. The first-order chi connectivity index (χ1) is 5.36. The zero-order valence-electron chi connectivity index (χ0n) is 6.88. The largest absolute Gasteiger partial charge is 0.298 e. The van der Waals surface area contributed by atoms with E-state index in [0.717, 1.165) is 25.6 Å². The number of likely N-dealkylation sites (tertiary alicyclic amines) is 1. The van der Waals surface area contributed by atoms with Crippen LogP contribution < -0.4 is 0 Å². The number of Topliss-reactive ketones (excluding diaryl/α,β-unsaturated/α-hetero) is 1. The summed E-state index contributed by atoms with van der Waals surface area (Å²) in [6.45, 7) is 1.77.